The standard InChI is InChI=1S/C11H14O3S/c1-3-10(11(13)14-2)15-9-6-4-8(12)5-7-9/h4-7,10,12H,3H2,1-2H3. The van der Waals surface area contributed by atoms with Crippen LogP contribution in [0.2, 0.25) is 0 Å². The highest BCUT2D eigenvalue weighted by atomic mass is 32.2. The molecule has 15 heavy (non-hydrogen) atoms. The number of benzene rings is 1. The molecule has 0 aromatic heterocycles. The topological polar surface area (TPSA) is 46.5 Å². The monoisotopic (exact) mass is 226 g/mol. The summed E-state index contributed by atoms with van der Waals surface area (Å²) in [5, 5.41) is 8.92. The normalized spacial score (nSPS) is 12.1. The minimum absolute atomic E-state index is 0.181. The summed E-state index contributed by atoms with van der Waals surface area (Å²) in [6.07, 6.45) is 0.720. The number of phenolic OH excluding ortho intramolecular Hbond substituents is 1. The maximum atomic E-state index is 11.3. The van der Waals surface area contributed by atoms with Gasteiger partial charge in [0.1, 0.15) is 11.0 Å². The maximum absolute atomic E-state index is 11.3. The summed E-state index contributed by atoms with van der Waals surface area (Å²) in [5.74, 6) is 0.0149. The molecule has 82 valence electrons. The molecule has 0 spiro atoms. The number of methoxy groups -OCH3 is 1. The van der Waals surface area contributed by atoms with Crippen LogP contribution in [0.1, 0.15) is 13.3 Å². The van der Waals surface area contributed by atoms with Gasteiger partial charge in [0.05, 0.1) is 7.11 Å². The Balaban J connectivity index is 2.66. The van der Waals surface area contributed by atoms with E-state index in [9.17, 15) is 4.79 Å². The Morgan fingerprint density at radius 3 is 2.53 bits per heavy atom. The highest BCUT2D eigenvalue weighted by molar-refractivity contribution is 8.00. The Bertz CT molecular complexity index is 321. The van der Waals surface area contributed by atoms with Gasteiger partial charge in [-0.15, -0.1) is 11.8 Å². The summed E-state index contributed by atoms with van der Waals surface area (Å²) in [4.78, 5) is 12.3. The molecule has 0 aliphatic heterocycles. The highest BCUT2D eigenvalue weighted by Crippen LogP contribution is 2.27. The van der Waals surface area contributed by atoms with Crippen LogP contribution >= 0.6 is 11.8 Å². The summed E-state index contributed by atoms with van der Waals surface area (Å²) < 4.78 is 4.69. The molecule has 0 saturated carbocycles. The molecule has 0 amide bonds. The second kappa shape index (κ2) is 5.66. The van der Waals surface area contributed by atoms with Crippen molar-refractivity contribution in [2.24, 2.45) is 0 Å². The molecule has 1 atom stereocenters. The van der Waals surface area contributed by atoms with Gasteiger partial charge in [-0.25, -0.2) is 0 Å². The van der Waals surface area contributed by atoms with Gasteiger partial charge in [-0.2, -0.15) is 0 Å². The fourth-order valence-electron chi connectivity index (χ4n) is 1.12. The molecule has 1 rings (SSSR count). The Morgan fingerprint density at radius 1 is 1.47 bits per heavy atom. The number of hydrogen-bond donors (Lipinski definition) is 1. The van der Waals surface area contributed by atoms with Crippen molar-refractivity contribution in [2.45, 2.75) is 23.5 Å². The van der Waals surface area contributed by atoms with Crippen LogP contribution < -0.4 is 0 Å². The van der Waals surface area contributed by atoms with E-state index in [1.165, 1.54) is 18.9 Å². The number of phenols is 1. The molecule has 4 heteroatoms. The molecular formula is C11H14O3S. The summed E-state index contributed by atoms with van der Waals surface area (Å²) >= 11 is 1.44. The fraction of sp³-hybridized carbons (Fsp3) is 0.364. The number of carbonyl (C=O) groups excluding carboxylic acids is 1. The molecule has 0 aliphatic carbocycles. The average Bonchev–Trinajstić information content (AvgIpc) is 2.27. The van der Waals surface area contributed by atoms with E-state index in [-0.39, 0.29) is 17.0 Å². The van der Waals surface area contributed by atoms with E-state index >= 15 is 0 Å². The van der Waals surface area contributed by atoms with Gasteiger partial charge in [-0.05, 0) is 30.7 Å². The Morgan fingerprint density at radius 2 is 2.07 bits per heavy atom. The van der Waals surface area contributed by atoms with E-state index < -0.39 is 0 Å². The van der Waals surface area contributed by atoms with Gasteiger partial charge in [0.2, 0.25) is 0 Å². The van der Waals surface area contributed by atoms with Crippen LogP contribution in [0.15, 0.2) is 29.2 Å². The minimum Gasteiger partial charge on any atom is -0.508 e. The molecule has 1 unspecified atom stereocenters. The van der Waals surface area contributed by atoms with Gasteiger partial charge in [-0.3, -0.25) is 4.79 Å². The van der Waals surface area contributed by atoms with Crippen molar-refractivity contribution in [2.75, 3.05) is 7.11 Å². The van der Waals surface area contributed by atoms with Gasteiger partial charge >= 0.3 is 5.97 Å². The van der Waals surface area contributed by atoms with Crippen molar-refractivity contribution >= 4 is 17.7 Å². The van der Waals surface area contributed by atoms with Gasteiger partial charge in [0.25, 0.3) is 0 Å². The maximum Gasteiger partial charge on any atom is 0.319 e. The first-order valence-corrected chi connectivity index (χ1v) is 5.58. The molecule has 1 aromatic rings. The van der Waals surface area contributed by atoms with Crippen molar-refractivity contribution < 1.29 is 14.6 Å². The Kier molecular flexibility index (Phi) is 4.49. The third-order valence-electron chi connectivity index (χ3n) is 1.95. The molecule has 0 fully saturated rings. The molecule has 0 aliphatic rings. The van der Waals surface area contributed by atoms with Crippen LogP contribution in [-0.4, -0.2) is 23.4 Å². The lowest BCUT2D eigenvalue weighted by atomic mass is 10.3. The molecule has 3 nitrogen and oxygen atoms in total. The lowest BCUT2D eigenvalue weighted by molar-refractivity contribution is -0.140. The largest absolute Gasteiger partial charge is 0.508 e. The van der Waals surface area contributed by atoms with Crippen LogP contribution in [0, 0.1) is 0 Å². The Hall–Kier alpha value is -1.16. The summed E-state index contributed by atoms with van der Waals surface area (Å²) in [6, 6.07) is 6.77. The minimum atomic E-state index is -0.212. The van der Waals surface area contributed by atoms with Crippen molar-refractivity contribution in [1.82, 2.24) is 0 Å². The quantitative estimate of drug-likeness (QED) is 0.632. The van der Waals surface area contributed by atoms with Gasteiger partial charge in [0.15, 0.2) is 0 Å². The summed E-state index contributed by atoms with van der Waals surface area (Å²) in [5.41, 5.74) is 0. The first-order valence-electron chi connectivity index (χ1n) is 4.71. The Labute approximate surface area is 93.4 Å². The molecule has 0 saturated heterocycles. The SMILES string of the molecule is CCC(Sc1ccc(O)cc1)C(=O)OC. The molecule has 0 heterocycles. The average molecular weight is 226 g/mol. The predicted molar refractivity (Wildman–Crippen MR) is 60.1 cm³/mol. The molecule has 0 radical (unpaired) electrons. The molecule has 1 N–H and O–H groups in total. The fourth-order valence-corrected chi connectivity index (χ4v) is 2.10. The second-order valence-corrected chi connectivity index (χ2v) is 4.31. The van der Waals surface area contributed by atoms with Crippen molar-refractivity contribution in [3.8, 4) is 5.75 Å². The van der Waals surface area contributed by atoms with Crippen LogP contribution in [0.25, 0.3) is 0 Å². The number of hydrogen-bond acceptors (Lipinski definition) is 4. The highest BCUT2D eigenvalue weighted by Gasteiger charge is 2.17. The zero-order valence-corrected chi connectivity index (χ0v) is 9.58. The van der Waals surface area contributed by atoms with E-state index in [1.54, 1.807) is 24.3 Å². The lowest BCUT2D eigenvalue weighted by Crippen LogP contribution is -2.17. The van der Waals surface area contributed by atoms with Crippen molar-refractivity contribution in [1.29, 1.82) is 0 Å². The third-order valence-corrected chi connectivity index (χ3v) is 3.30. The first-order chi connectivity index (χ1) is 7.17. The number of thioether (sulfide) groups is 1. The first kappa shape index (κ1) is 11.9. The smallest absolute Gasteiger partial charge is 0.319 e. The molecule has 0 bridgehead atoms. The van der Waals surface area contributed by atoms with E-state index in [1.807, 2.05) is 6.92 Å². The number of rotatable bonds is 4. The number of carbonyl (C=O) groups is 1. The van der Waals surface area contributed by atoms with Crippen molar-refractivity contribution in [3.63, 3.8) is 0 Å². The van der Waals surface area contributed by atoms with Gasteiger partial charge in [-0.1, -0.05) is 6.92 Å². The number of ether oxygens (including phenoxy) is 1. The van der Waals surface area contributed by atoms with Crippen molar-refractivity contribution in [3.05, 3.63) is 24.3 Å². The third kappa shape index (κ3) is 3.47. The van der Waals surface area contributed by atoms with E-state index in [4.69, 9.17) is 9.84 Å². The van der Waals surface area contributed by atoms with Crippen LogP contribution in [0.5, 0.6) is 5.75 Å². The molecule has 1 aromatic carbocycles. The van der Waals surface area contributed by atoms with E-state index in [0.29, 0.717) is 0 Å². The van der Waals surface area contributed by atoms with Crippen LogP contribution in [-0.2, 0) is 9.53 Å². The zero-order valence-electron chi connectivity index (χ0n) is 8.77. The molecular weight excluding hydrogens is 212 g/mol. The number of aromatic hydroxyl groups is 1. The van der Waals surface area contributed by atoms with Crippen LogP contribution in [0.3, 0.4) is 0 Å². The summed E-state index contributed by atoms with van der Waals surface area (Å²) in [6.45, 7) is 1.94. The van der Waals surface area contributed by atoms with E-state index in [2.05, 4.69) is 0 Å². The van der Waals surface area contributed by atoms with E-state index in [0.717, 1.165) is 11.3 Å². The predicted octanol–water partition coefficient (Wildman–Crippen LogP) is 2.44. The van der Waals surface area contributed by atoms with Gasteiger partial charge in [0, 0.05) is 4.90 Å². The summed E-state index contributed by atoms with van der Waals surface area (Å²) in [7, 11) is 1.39. The lowest BCUT2D eigenvalue weighted by Gasteiger charge is -2.11. The van der Waals surface area contributed by atoms with Crippen LogP contribution in [0.4, 0.5) is 0 Å². The number of esters is 1. The zero-order chi connectivity index (χ0) is 11.3. The second-order valence-electron chi connectivity index (χ2n) is 3.03. The van der Waals surface area contributed by atoms with Gasteiger partial charge < -0.3 is 9.84 Å².